The van der Waals surface area contributed by atoms with Crippen molar-refractivity contribution in [3.05, 3.63) is 42.0 Å². The highest BCUT2D eigenvalue weighted by molar-refractivity contribution is 5.46. The minimum atomic E-state index is 1.18. The topological polar surface area (TPSA) is 0 Å². The number of benzene rings is 1. The molecule has 0 nitrogen and oxygen atoms in total. The maximum absolute atomic E-state index is 3.66. The second-order valence-electron chi connectivity index (χ2n) is 2.11. The minimum absolute atomic E-state index is 1.18. The smallest absolute Gasteiger partial charge is 0.0262 e. The van der Waals surface area contributed by atoms with Crippen LogP contribution in [0.4, 0.5) is 0 Å². The molecule has 0 heteroatoms. The van der Waals surface area contributed by atoms with Crippen molar-refractivity contribution < 1.29 is 0 Å². The first kappa shape index (κ1) is 14.5. The Morgan fingerprint density at radius 2 is 1.31 bits per heavy atom. The van der Waals surface area contributed by atoms with Gasteiger partial charge in [0.2, 0.25) is 0 Å². The summed E-state index contributed by atoms with van der Waals surface area (Å²) >= 11 is 0. The maximum atomic E-state index is 3.66. The van der Waals surface area contributed by atoms with Crippen molar-refractivity contribution in [2.24, 2.45) is 0 Å². The SMILES string of the molecule is C=Cc1ccc(C)cc1.CC.CC. The first-order chi connectivity index (χ1) is 6.33. The normalized spacial score (nSPS) is 7.15. The predicted octanol–water partition coefficient (Wildman–Crippen LogP) is 4.69. The Balaban J connectivity index is 0. The van der Waals surface area contributed by atoms with Crippen LogP contribution in [0.25, 0.3) is 6.08 Å². The van der Waals surface area contributed by atoms with Crippen LogP contribution in [0.3, 0.4) is 0 Å². The van der Waals surface area contributed by atoms with Crippen LogP contribution in [-0.4, -0.2) is 0 Å². The Kier molecular flexibility index (Phi) is 12.2. The molecule has 0 radical (unpaired) electrons. The van der Waals surface area contributed by atoms with Crippen LogP contribution < -0.4 is 0 Å². The van der Waals surface area contributed by atoms with Crippen LogP contribution in [0.1, 0.15) is 38.8 Å². The molecule has 1 rings (SSSR count). The number of hydrogen-bond donors (Lipinski definition) is 0. The van der Waals surface area contributed by atoms with Gasteiger partial charge in [-0.15, -0.1) is 0 Å². The summed E-state index contributed by atoms with van der Waals surface area (Å²) in [6.07, 6.45) is 1.85. The monoisotopic (exact) mass is 178 g/mol. The molecule has 0 amide bonds. The number of aryl methyl sites for hydroxylation is 1. The summed E-state index contributed by atoms with van der Waals surface area (Å²) in [5.41, 5.74) is 2.47. The quantitative estimate of drug-likeness (QED) is 0.585. The molecule has 0 fully saturated rings. The summed E-state index contributed by atoms with van der Waals surface area (Å²) in [7, 11) is 0. The predicted molar refractivity (Wildman–Crippen MR) is 64.0 cm³/mol. The molecule has 0 unspecified atom stereocenters. The Morgan fingerprint density at radius 1 is 0.923 bits per heavy atom. The number of rotatable bonds is 1. The largest absolute Gasteiger partial charge is 0.0985 e. The van der Waals surface area contributed by atoms with E-state index in [1.165, 1.54) is 11.1 Å². The van der Waals surface area contributed by atoms with Gasteiger partial charge in [0.05, 0.1) is 0 Å². The van der Waals surface area contributed by atoms with Crippen LogP contribution in [0.2, 0.25) is 0 Å². The molecule has 0 saturated carbocycles. The second kappa shape index (κ2) is 11.0. The van der Waals surface area contributed by atoms with Gasteiger partial charge in [0.15, 0.2) is 0 Å². The van der Waals surface area contributed by atoms with Crippen molar-refractivity contribution in [3.63, 3.8) is 0 Å². The molecule has 0 aromatic heterocycles. The van der Waals surface area contributed by atoms with Gasteiger partial charge < -0.3 is 0 Å². The van der Waals surface area contributed by atoms with Gasteiger partial charge in [0, 0.05) is 0 Å². The van der Waals surface area contributed by atoms with Gasteiger partial charge in [-0.1, -0.05) is 70.2 Å². The summed E-state index contributed by atoms with van der Waals surface area (Å²) in [6.45, 7) is 13.7. The molecule has 0 heterocycles. The average molecular weight is 178 g/mol. The molecule has 13 heavy (non-hydrogen) atoms. The molecule has 1 aromatic carbocycles. The third-order valence-corrected chi connectivity index (χ3v) is 1.31. The molecular weight excluding hydrogens is 156 g/mol. The lowest BCUT2D eigenvalue weighted by molar-refractivity contribution is 1.46. The van der Waals surface area contributed by atoms with Crippen LogP contribution in [0.5, 0.6) is 0 Å². The average Bonchev–Trinajstić information content (AvgIpc) is 2.25. The molecule has 1 aromatic rings. The van der Waals surface area contributed by atoms with E-state index in [-0.39, 0.29) is 0 Å². The van der Waals surface area contributed by atoms with Gasteiger partial charge in [-0.2, -0.15) is 0 Å². The summed E-state index contributed by atoms with van der Waals surface area (Å²) in [6, 6.07) is 8.28. The van der Waals surface area contributed by atoms with Crippen molar-refractivity contribution >= 4 is 6.08 Å². The lowest BCUT2D eigenvalue weighted by atomic mass is 10.2. The van der Waals surface area contributed by atoms with E-state index in [9.17, 15) is 0 Å². The van der Waals surface area contributed by atoms with Crippen molar-refractivity contribution in [1.29, 1.82) is 0 Å². The molecule has 0 N–H and O–H groups in total. The fraction of sp³-hybridized carbons (Fsp3) is 0.385. The van der Waals surface area contributed by atoms with Crippen LogP contribution in [0, 0.1) is 6.92 Å². The second-order valence-corrected chi connectivity index (χ2v) is 2.11. The molecule has 0 aliphatic carbocycles. The molecule has 0 aliphatic heterocycles. The Labute approximate surface area is 83.3 Å². The van der Waals surface area contributed by atoms with Gasteiger partial charge >= 0.3 is 0 Å². The zero-order chi connectivity index (χ0) is 10.7. The van der Waals surface area contributed by atoms with E-state index < -0.39 is 0 Å². The molecule has 74 valence electrons. The fourth-order valence-corrected chi connectivity index (χ4v) is 0.703. The zero-order valence-electron chi connectivity index (χ0n) is 9.59. The van der Waals surface area contributed by atoms with E-state index in [2.05, 4.69) is 37.8 Å². The lowest BCUT2D eigenvalue weighted by Gasteiger charge is -1.91. The first-order valence-corrected chi connectivity index (χ1v) is 5.02. The highest BCUT2D eigenvalue weighted by Gasteiger charge is 1.82. The molecule has 0 spiro atoms. The lowest BCUT2D eigenvalue weighted by Crippen LogP contribution is -1.71. The summed E-state index contributed by atoms with van der Waals surface area (Å²) in [5, 5.41) is 0. The van der Waals surface area contributed by atoms with Crippen LogP contribution in [-0.2, 0) is 0 Å². The van der Waals surface area contributed by atoms with E-state index in [1.54, 1.807) is 0 Å². The standard InChI is InChI=1S/C9H10.2C2H6/c1-3-9-6-4-8(2)5-7-9;2*1-2/h3-7H,1H2,2H3;2*1-2H3. The summed E-state index contributed by atoms with van der Waals surface area (Å²) < 4.78 is 0. The Morgan fingerprint density at radius 3 is 1.62 bits per heavy atom. The Bertz CT molecular complexity index is 194. The fourth-order valence-electron chi connectivity index (χ4n) is 0.703. The molecule has 0 aliphatic rings. The molecule has 0 saturated heterocycles. The highest BCUT2D eigenvalue weighted by Crippen LogP contribution is 2.02. The van der Waals surface area contributed by atoms with Gasteiger partial charge in [-0.3, -0.25) is 0 Å². The van der Waals surface area contributed by atoms with Crippen LogP contribution in [0.15, 0.2) is 30.8 Å². The maximum Gasteiger partial charge on any atom is -0.0262 e. The van der Waals surface area contributed by atoms with E-state index >= 15 is 0 Å². The summed E-state index contributed by atoms with van der Waals surface area (Å²) in [4.78, 5) is 0. The van der Waals surface area contributed by atoms with Gasteiger partial charge in [0.1, 0.15) is 0 Å². The third kappa shape index (κ3) is 7.32. The van der Waals surface area contributed by atoms with Crippen molar-refractivity contribution in [1.82, 2.24) is 0 Å². The van der Waals surface area contributed by atoms with Gasteiger partial charge in [-0.25, -0.2) is 0 Å². The summed E-state index contributed by atoms with van der Waals surface area (Å²) in [5.74, 6) is 0. The molecular formula is C13H22. The minimum Gasteiger partial charge on any atom is -0.0985 e. The van der Waals surface area contributed by atoms with Crippen molar-refractivity contribution in [2.75, 3.05) is 0 Å². The molecule has 0 atom stereocenters. The molecule has 0 bridgehead atoms. The van der Waals surface area contributed by atoms with Crippen LogP contribution >= 0.6 is 0 Å². The van der Waals surface area contributed by atoms with E-state index in [1.807, 2.05) is 33.8 Å². The van der Waals surface area contributed by atoms with E-state index in [0.29, 0.717) is 0 Å². The Hall–Kier alpha value is -1.04. The van der Waals surface area contributed by atoms with Crippen molar-refractivity contribution in [2.45, 2.75) is 34.6 Å². The first-order valence-electron chi connectivity index (χ1n) is 5.02. The van der Waals surface area contributed by atoms with Gasteiger partial charge in [0.25, 0.3) is 0 Å². The van der Waals surface area contributed by atoms with Gasteiger partial charge in [-0.05, 0) is 12.5 Å². The number of hydrogen-bond acceptors (Lipinski definition) is 0. The highest BCUT2D eigenvalue weighted by atomic mass is 13.9. The third-order valence-electron chi connectivity index (χ3n) is 1.31. The zero-order valence-corrected chi connectivity index (χ0v) is 9.59. The van der Waals surface area contributed by atoms with Crippen molar-refractivity contribution in [3.8, 4) is 0 Å². The van der Waals surface area contributed by atoms with E-state index in [4.69, 9.17) is 0 Å². The van der Waals surface area contributed by atoms with E-state index in [0.717, 1.165) is 0 Å².